The lowest BCUT2D eigenvalue weighted by Crippen LogP contribution is -2.39. The van der Waals surface area contributed by atoms with Gasteiger partial charge >= 0.3 is 0 Å². The van der Waals surface area contributed by atoms with Gasteiger partial charge in [-0.25, -0.2) is 0 Å². The molecule has 1 heterocycles. The summed E-state index contributed by atoms with van der Waals surface area (Å²) in [6.07, 6.45) is 2.13. The molecule has 1 fully saturated rings. The molecule has 0 amide bonds. The van der Waals surface area contributed by atoms with Gasteiger partial charge in [-0.1, -0.05) is 6.07 Å². The summed E-state index contributed by atoms with van der Waals surface area (Å²) >= 11 is 0. The van der Waals surface area contributed by atoms with Crippen LogP contribution in [0.3, 0.4) is 0 Å². The van der Waals surface area contributed by atoms with Crippen LogP contribution in [-0.2, 0) is 6.54 Å². The zero-order valence-electron chi connectivity index (χ0n) is 11.1. The molecule has 1 aliphatic heterocycles. The average molecular weight is 282 g/mol. The molecule has 0 bridgehead atoms. The molecule has 0 unspecified atom stereocenters. The molecule has 5 heteroatoms. The van der Waals surface area contributed by atoms with E-state index in [9.17, 15) is 0 Å². The number of nitrogens with zero attached hydrogens (tertiary/aromatic N) is 2. The number of benzene rings is 1. The first kappa shape index (κ1) is 15.8. The van der Waals surface area contributed by atoms with Crippen molar-refractivity contribution in [1.82, 2.24) is 4.90 Å². The van der Waals surface area contributed by atoms with E-state index in [1.807, 2.05) is 18.2 Å². The third kappa shape index (κ3) is 4.10. The highest BCUT2D eigenvalue weighted by Gasteiger charge is 2.16. The van der Waals surface area contributed by atoms with Crippen molar-refractivity contribution < 1.29 is 4.74 Å². The zero-order chi connectivity index (χ0) is 13.0. The molecule has 2 rings (SSSR count). The van der Waals surface area contributed by atoms with Crippen molar-refractivity contribution in [3.8, 4) is 11.8 Å². The number of nitriles is 1. The van der Waals surface area contributed by atoms with Crippen LogP contribution in [0.25, 0.3) is 0 Å². The highest BCUT2D eigenvalue weighted by atomic mass is 35.5. The molecule has 0 aromatic heterocycles. The number of ether oxygens (including phenoxy) is 1. The molecule has 19 heavy (non-hydrogen) atoms. The van der Waals surface area contributed by atoms with Crippen molar-refractivity contribution in [2.45, 2.75) is 25.4 Å². The van der Waals surface area contributed by atoms with E-state index in [0.29, 0.717) is 17.4 Å². The monoisotopic (exact) mass is 281 g/mol. The van der Waals surface area contributed by atoms with Gasteiger partial charge in [-0.15, -0.1) is 12.4 Å². The SMILES string of the molecule is COc1cc(CN2CCC(N)CC2)ccc1C#N.Cl. The number of rotatable bonds is 3. The lowest BCUT2D eigenvalue weighted by atomic mass is 10.0. The third-order valence-electron chi connectivity index (χ3n) is 3.42. The molecule has 0 spiro atoms. The maximum Gasteiger partial charge on any atom is 0.136 e. The van der Waals surface area contributed by atoms with Crippen molar-refractivity contribution in [2.24, 2.45) is 5.73 Å². The third-order valence-corrected chi connectivity index (χ3v) is 3.42. The number of piperidine rings is 1. The van der Waals surface area contributed by atoms with Gasteiger partial charge in [-0.3, -0.25) is 4.90 Å². The van der Waals surface area contributed by atoms with E-state index in [0.717, 1.165) is 32.5 Å². The van der Waals surface area contributed by atoms with E-state index in [4.69, 9.17) is 15.7 Å². The van der Waals surface area contributed by atoms with Crippen LogP contribution in [0.15, 0.2) is 18.2 Å². The standard InChI is InChI=1S/C14H19N3O.ClH/c1-18-14-8-11(2-3-12(14)9-15)10-17-6-4-13(16)5-7-17;/h2-3,8,13H,4-7,10,16H2,1H3;1H. The molecule has 1 aromatic carbocycles. The molecule has 1 aromatic rings. The second kappa shape index (κ2) is 7.34. The first-order valence-electron chi connectivity index (χ1n) is 6.28. The summed E-state index contributed by atoms with van der Waals surface area (Å²) in [5.41, 5.74) is 7.66. The van der Waals surface area contributed by atoms with Crippen LogP contribution in [0.2, 0.25) is 0 Å². The molecule has 2 N–H and O–H groups in total. The maximum absolute atomic E-state index is 8.94. The lowest BCUT2D eigenvalue weighted by molar-refractivity contribution is 0.205. The van der Waals surface area contributed by atoms with Gasteiger partial charge in [0.05, 0.1) is 12.7 Å². The van der Waals surface area contributed by atoms with Crippen molar-refractivity contribution in [2.75, 3.05) is 20.2 Å². The van der Waals surface area contributed by atoms with Crippen molar-refractivity contribution >= 4 is 12.4 Å². The van der Waals surface area contributed by atoms with Gasteiger partial charge < -0.3 is 10.5 Å². The maximum atomic E-state index is 8.94. The summed E-state index contributed by atoms with van der Waals surface area (Å²) in [5, 5.41) is 8.94. The van der Waals surface area contributed by atoms with Gasteiger partial charge in [0.15, 0.2) is 0 Å². The Labute approximate surface area is 120 Å². The second-order valence-electron chi connectivity index (χ2n) is 4.76. The first-order valence-corrected chi connectivity index (χ1v) is 6.28. The number of methoxy groups -OCH3 is 1. The minimum absolute atomic E-state index is 0. The molecule has 0 aliphatic carbocycles. The van der Waals surface area contributed by atoms with Crippen LogP contribution >= 0.6 is 12.4 Å². The Balaban J connectivity index is 0.00000180. The van der Waals surface area contributed by atoms with Gasteiger partial charge in [-0.05, 0) is 43.6 Å². The summed E-state index contributed by atoms with van der Waals surface area (Å²) in [6, 6.07) is 8.26. The Hall–Kier alpha value is -1.28. The molecular formula is C14H20ClN3O. The van der Waals surface area contributed by atoms with Crippen LogP contribution in [0.4, 0.5) is 0 Å². The van der Waals surface area contributed by atoms with Crippen LogP contribution in [-0.4, -0.2) is 31.1 Å². The number of hydrogen-bond donors (Lipinski definition) is 1. The molecule has 0 saturated carbocycles. The molecule has 0 radical (unpaired) electrons. The normalized spacial score (nSPS) is 16.5. The quantitative estimate of drug-likeness (QED) is 0.919. The first-order chi connectivity index (χ1) is 8.72. The largest absolute Gasteiger partial charge is 0.495 e. The van der Waals surface area contributed by atoms with Crippen LogP contribution in [0, 0.1) is 11.3 Å². The minimum atomic E-state index is 0. The fourth-order valence-electron chi connectivity index (χ4n) is 2.30. The Morgan fingerprint density at radius 1 is 1.42 bits per heavy atom. The number of nitrogens with two attached hydrogens (primary N) is 1. The molecule has 4 nitrogen and oxygen atoms in total. The van der Waals surface area contributed by atoms with E-state index < -0.39 is 0 Å². The molecule has 1 aliphatic rings. The topological polar surface area (TPSA) is 62.3 Å². The van der Waals surface area contributed by atoms with Crippen molar-refractivity contribution in [3.63, 3.8) is 0 Å². The molecule has 0 atom stereocenters. The van der Waals surface area contributed by atoms with Crippen LogP contribution in [0.5, 0.6) is 5.75 Å². The summed E-state index contributed by atoms with van der Waals surface area (Å²) in [7, 11) is 1.60. The predicted molar refractivity (Wildman–Crippen MR) is 77.4 cm³/mol. The van der Waals surface area contributed by atoms with E-state index in [1.54, 1.807) is 7.11 Å². The number of hydrogen-bond acceptors (Lipinski definition) is 4. The summed E-state index contributed by atoms with van der Waals surface area (Å²) in [5.74, 6) is 0.656. The van der Waals surface area contributed by atoms with Crippen LogP contribution in [0.1, 0.15) is 24.0 Å². The fraction of sp³-hybridized carbons (Fsp3) is 0.500. The molecule has 1 saturated heterocycles. The highest BCUT2D eigenvalue weighted by molar-refractivity contribution is 5.85. The Morgan fingerprint density at radius 2 is 2.11 bits per heavy atom. The second-order valence-corrected chi connectivity index (χ2v) is 4.76. The molecular weight excluding hydrogens is 262 g/mol. The average Bonchev–Trinajstić information content (AvgIpc) is 2.41. The lowest BCUT2D eigenvalue weighted by Gasteiger charge is -2.30. The zero-order valence-corrected chi connectivity index (χ0v) is 11.9. The summed E-state index contributed by atoms with van der Waals surface area (Å²) in [6.45, 7) is 2.99. The van der Waals surface area contributed by atoms with E-state index in [2.05, 4.69) is 11.0 Å². The predicted octanol–water partition coefficient (Wildman–Crippen LogP) is 1.91. The van der Waals surface area contributed by atoms with Gasteiger partial charge in [-0.2, -0.15) is 5.26 Å². The van der Waals surface area contributed by atoms with E-state index >= 15 is 0 Å². The Morgan fingerprint density at radius 3 is 2.68 bits per heavy atom. The summed E-state index contributed by atoms with van der Waals surface area (Å²) < 4.78 is 5.22. The smallest absolute Gasteiger partial charge is 0.136 e. The fourth-order valence-corrected chi connectivity index (χ4v) is 2.30. The minimum Gasteiger partial charge on any atom is -0.495 e. The van der Waals surface area contributed by atoms with Crippen molar-refractivity contribution in [1.29, 1.82) is 5.26 Å². The van der Waals surface area contributed by atoms with Gasteiger partial charge in [0.25, 0.3) is 0 Å². The van der Waals surface area contributed by atoms with E-state index in [1.165, 1.54) is 5.56 Å². The Kier molecular flexibility index (Phi) is 6.10. The summed E-state index contributed by atoms with van der Waals surface area (Å²) in [4.78, 5) is 2.39. The number of halogens is 1. The van der Waals surface area contributed by atoms with Gasteiger partial charge in [0, 0.05) is 12.6 Å². The van der Waals surface area contributed by atoms with Gasteiger partial charge in [0.2, 0.25) is 0 Å². The number of likely N-dealkylation sites (tertiary alicyclic amines) is 1. The molecule has 104 valence electrons. The van der Waals surface area contributed by atoms with E-state index in [-0.39, 0.29) is 12.4 Å². The van der Waals surface area contributed by atoms with Gasteiger partial charge in [0.1, 0.15) is 11.8 Å². The van der Waals surface area contributed by atoms with Crippen molar-refractivity contribution in [3.05, 3.63) is 29.3 Å². The van der Waals surface area contributed by atoms with Crippen LogP contribution < -0.4 is 10.5 Å². The Bertz CT molecular complexity index is 450. The highest BCUT2D eigenvalue weighted by Crippen LogP contribution is 2.21.